The van der Waals surface area contributed by atoms with Crippen molar-refractivity contribution in [2.24, 2.45) is 11.1 Å². The van der Waals surface area contributed by atoms with Crippen LogP contribution in [0.3, 0.4) is 0 Å². The molecule has 1 aromatic carbocycles. The second-order valence-corrected chi connectivity index (χ2v) is 6.99. The van der Waals surface area contributed by atoms with Gasteiger partial charge >= 0.3 is 0 Å². The van der Waals surface area contributed by atoms with Crippen LogP contribution in [0.5, 0.6) is 0 Å². The number of rotatable bonds is 7. The van der Waals surface area contributed by atoms with Crippen molar-refractivity contribution in [2.45, 2.75) is 38.0 Å². The van der Waals surface area contributed by atoms with Crippen LogP contribution in [-0.2, 0) is 9.63 Å². The van der Waals surface area contributed by atoms with E-state index in [-0.39, 0.29) is 23.0 Å². The maximum Gasteiger partial charge on any atom is 0.168 e. The molecule has 2 rings (SSSR count). The average molecular weight is 369 g/mol. The normalized spacial score (nSPS) is 18.6. The van der Waals surface area contributed by atoms with E-state index in [9.17, 15) is 18.7 Å². The SMILES string of the molecule is CCO/N=C(/C)C1=C(O)CC(CCSc2ccc(F)c(F)c2)CC1=O. The summed E-state index contributed by atoms with van der Waals surface area (Å²) >= 11 is 1.40. The highest BCUT2D eigenvalue weighted by Gasteiger charge is 2.29. The fourth-order valence-corrected chi connectivity index (χ4v) is 3.74. The minimum Gasteiger partial charge on any atom is -0.511 e. The third kappa shape index (κ3) is 5.29. The van der Waals surface area contributed by atoms with Gasteiger partial charge in [0.1, 0.15) is 12.4 Å². The fraction of sp³-hybridized carbons (Fsp3) is 0.444. The summed E-state index contributed by atoms with van der Waals surface area (Å²) < 4.78 is 26.1. The van der Waals surface area contributed by atoms with Gasteiger partial charge in [0.25, 0.3) is 0 Å². The first-order valence-electron chi connectivity index (χ1n) is 8.12. The van der Waals surface area contributed by atoms with Crippen LogP contribution >= 0.6 is 11.8 Å². The van der Waals surface area contributed by atoms with E-state index in [1.165, 1.54) is 17.8 Å². The summed E-state index contributed by atoms with van der Waals surface area (Å²) in [5.41, 5.74) is 0.636. The summed E-state index contributed by atoms with van der Waals surface area (Å²) in [6.45, 7) is 3.82. The number of ketones is 1. The number of carbonyl (C=O) groups excluding carboxylic acids is 1. The van der Waals surface area contributed by atoms with Gasteiger partial charge in [0, 0.05) is 17.7 Å². The Bertz CT molecular complexity index is 704. The molecule has 0 saturated heterocycles. The zero-order valence-corrected chi connectivity index (χ0v) is 15.0. The second-order valence-electron chi connectivity index (χ2n) is 5.83. The van der Waals surface area contributed by atoms with E-state index in [2.05, 4.69) is 5.16 Å². The van der Waals surface area contributed by atoms with E-state index in [1.54, 1.807) is 13.8 Å². The molecule has 1 aromatic rings. The van der Waals surface area contributed by atoms with Crippen molar-refractivity contribution < 1.29 is 23.5 Å². The molecule has 0 radical (unpaired) electrons. The maximum absolute atomic E-state index is 13.2. The van der Waals surface area contributed by atoms with Crippen LogP contribution in [0.25, 0.3) is 0 Å². The number of oxime groups is 1. The van der Waals surface area contributed by atoms with Crippen molar-refractivity contribution in [3.63, 3.8) is 0 Å². The first-order chi connectivity index (χ1) is 11.9. The third-order valence-electron chi connectivity index (χ3n) is 3.90. The molecule has 0 fully saturated rings. The number of allylic oxidation sites excluding steroid dienone is 2. The number of hydrogen-bond donors (Lipinski definition) is 1. The van der Waals surface area contributed by atoms with Crippen LogP contribution in [0.4, 0.5) is 8.78 Å². The highest BCUT2D eigenvalue weighted by Crippen LogP contribution is 2.31. The number of hydrogen-bond acceptors (Lipinski definition) is 5. The highest BCUT2D eigenvalue weighted by molar-refractivity contribution is 7.99. The molecule has 0 bridgehead atoms. The summed E-state index contributed by atoms with van der Waals surface area (Å²) in [5.74, 6) is -1.17. The predicted molar refractivity (Wildman–Crippen MR) is 93.8 cm³/mol. The molecule has 0 heterocycles. The highest BCUT2D eigenvalue weighted by atomic mass is 32.2. The zero-order valence-electron chi connectivity index (χ0n) is 14.2. The number of aliphatic hydroxyl groups is 1. The minimum absolute atomic E-state index is 0.0222. The van der Waals surface area contributed by atoms with Crippen LogP contribution in [0, 0.1) is 17.6 Å². The van der Waals surface area contributed by atoms with Crippen molar-refractivity contribution >= 4 is 23.3 Å². The van der Waals surface area contributed by atoms with Gasteiger partial charge in [-0.25, -0.2) is 8.78 Å². The summed E-state index contributed by atoms with van der Waals surface area (Å²) in [4.78, 5) is 17.9. The van der Waals surface area contributed by atoms with Crippen molar-refractivity contribution in [1.82, 2.24) is 0 Å². The molecule has 1 aliphatic rings. The maximum atomic E-state index is 13.2. The smallest absolute Gasteiger partial charge is 0.168 e. The Kier molecular flexibility index (Phi) is 6.99. The molecule has 1 N–H and O–H groups in total. The molecular formula is C18H21F2NO3S. The van der Waals surface area contributed by atoms with Crippen molar-refractivity contribution in [3.8, 4) is 0 Å². The lowest BCUT2D eigenvalue weighted by atomic mass is 9.84. The molecule has 25 heavy (non-hydrogen) atoms. The van der Waals surface area contributed by atoms with Crippen molar-refractivity contribution in [2.75, 3.05) is 12.4 Å². The first-order valence-corrected chi connectivity index (χ1v) is 9.11. The van der Waals surface area contributed by atoms with E-state index in [0.29, 0.717) is 42.2 Å². The third-order valence-corrected chi connectivity index (χ3v) is 4.93. The first kappa shape index (κ1) is 19.4. The van der Waals surface area contributed by atoms with Gasteiger partial charge in [0.2, 0.25) is 0 Å². The molecule has 4 nitrogen and oxygen atoms in total. The molecule has 7 heteroatoms. The molecular weight excluding hydrogens is 348 g/mol. The van der Waals surface area contributed by atoms with Gasteiger partial charge in [-0.1, -0.05) is 5.16 Å². The van der Waals surface area contributed by atoms with Crippen molar-refractivity contribution in [3.05, 3.63) is 41.2 Å². The monoisotopic (exact) mass is 369 g/mol. The Morgan fingerprint density at radius 2 is 2.12 bits per heavy atom. The number of Topliss-reactive ketones (excluding diaryl/α,β-unsaturated/α-hetero) is 1. The molecule has 0 aliphatic heterocycles. The van der Waals surface area contributed by atoms with Crippen LogP contribution in [-0.4, -0.2) is 29.0 Å². The Labute approximate surface area is 149 Å². The summed E-state index contributed by atoms with van der Waals surface area (Å²) in [6, 6.07) is 3.79. The Hall–Kier alpha value is -1.89. The van der Waals surface area contributed by atoms with E-state index < -0.39 is 11.6 Å². The van der Waals surface area contributed by atoms with E-state index in [4.69, 9.17) is 4.84 Å². The van der Waals surface area contributed by atoms with Crippen molar-refractivity contribution in [1.29, 1.82) is 0 Å². The van der Waals surface area contributed by atoms with E-state index in [0.717, 1.165) is 12.1 Å². The average Bonchev–Trinajstić information content (AvgIpc) is 2.55. The number of thioether (sulfide) groups is 1. The molecule has 0 saturated carbocycles. The van der Waals surface area contributed by atoms with Gasteiger partial charge in [-0.2, -0.15) is 0 Å². The van der Waals surface area contributed by atoms with E-state index >= 15 is 0 Å². The second kappa shape index (κ2) is 8.99. The van der Waals surface area contributed by atoms with Crippen LogP contribution in [0.2, 0.25) is 0 Å². The standard InChI is InChI=1S/C18H21F2NO3S/c1-3-24-21-11(2)18-16(22)8-12(9-17(18)23)6-7-25-13-4-5-14(19)15(20)10-13/h4-5,10,12,22H,3,6-9H2,1-2H3/b21-11-. The number of benzene rings is 1. The zero-order chi connectivity index (χ0) is 18.4. The van der Waals surface area contributed by atoms with Gasteiger partial charge in [-0.05, 0) is 50.1 Å². The van der Waals surface area contributed by atoms with E-state index in [1.807, 2.05) is 0 Å². The Balaban J connectivity index is 1.92. The topological polar surface area (TPSA) is 58.9 Å². The predicted octanol–water partition coefficient (Wildman–Crippen LogP) is 4.65. The Morgan fingerprint density at radius 1 is 1.36 bits per heavy atom. The van der Waals surface area contributed by atoms with Crippen LogP contribution in [0.1, 0.15) is 33.1 Å². The molecule has 1 unspecified atom stereocenters. The lowest BCUT2D eigenvalue weighted by molar-refractivity contribution is -0.116. The van der Waals surface area contributed by atoms with Gasteiger partial charge in [0.15, 0.2) is 17.4 Å². The lowest BCUT2D eigenvalue weighted by Crippen LogP contribution is -2.24. The largest absolute Gasteiger partial charge is 0.511 e. The summed E-state index contributed by atoms with van der Waals surface area (Å²) in [6.07, 6.45) is 1.42. The van der Waals surface area contributed by atoms with Gasteiger partial charge in [-0.15, -0.1) is 11.8 Å². The molecule has 136 valence electrons. The number of nitrogens with zero attached hydrogens (tertiary/aromatic N) is 1. The van der Waals surface area contributed by atoms with Crippen LogP contribution < -0.4 is 0 Å². The summed E-state index contributed by atoms with van der Waals surface area (Å²) in [5, 5.41) is 14.0. The van der Waals surface area contributed by atoms with Crippen LogP contribution in [0.15, 0.2) is 39.6 Å². The molecule has 1 atom stereocenters. The molecule has 0 spiro atoms. The minimum atomic E-state index is -0.868. The molecule has 1 aliphatic carbocycles. The number of halogens is 2. The fourth-order valence-electron chi connectivity index (χ4n) is 2.70. The quantitative estimate of drug-likeness (QED) is 0.432. The molecule has 0 aromatic heterocycles. The lowest BCUT2D eigenvalue weighted by Gasteiger charge is -2.23. The van der Waals surface area contributed by atoms with Gasteiger partial charge < -0.3 is 9.94 Å². The molecule has 0 amide bonds. The van der Waals surface area contributed by atoms with Gasteiger partial charge in [-0.3, -0.25) is 4.79 Å². The number of carbonyl (C=O) groups is 1. The Morgan fingerprint density at radius 3 is 2.76 bits per heavy atom. The summed E-state index contributed by atoms with van der Waals surface area (Å²) in [7, 11) is 0. The number of aliphatic hydroxyl groups excluding tert-OH is 1. The van der Waals surface area contributed by atoms with Gasteiger partial charge in [0.05, 0.1) is 11.3 Å².